The van der Waals surface area contributed by atoms with Crippen LogP contribution in [-0.2, 0) is 0 Å². The van der Waals surface area contributed by atoms with Crippen molar-refractivity contribution in [3.05, 3.63) is 10.6 Å². The fourth-order valence-corrected chi connectivity index (χ4v) is 1.22. The van der Waals surface area contributed by atoms with Crippen molar-refractivity contribution in [2.45, 2.75) is 13.8 Å². The van der Waals surface area contributed by atoms with Gasteiger partial charge in [-0.3, -0.25) is 4.90 Å². The van der Waals surface area contributed by atoms with Crippen LogP contribution in [0.3, 0.4) is 0 Å². The minimum absolute atomic E-state index is 0.0275. The van der Waals surface area contributed by atoms with Crippen LogP contribution in [0.5, 0.6) is 0 Å². The highest BCUT2D eigenvalue weighted by molar-refractivity contribution is 6.36. The Morgan fingerprint density at radius 2 is 2.31 bits per heavy atom. The van der Waals surface area contributed by atoms with E-state index in [4.69, 9.17) is 28.5 Å². The summed E-state index contributed by atoms with van der Waals surface area (Å²) in [6, 6.07) is 2.18. The molecule has 4 heteroatoms. The van der Waals surface area contributed by atoms with Gasteiger partial charge in [-0.1, -0.05) is 30.1 Å². The molecule has 0 aromatic rings. The molecule has 0 saturated heterocycles. The molecule has 0 aromatic carbocycles. The van der Waals surface area contributed by atoms with Crippen molar-refractivity contribution in [1.82, 2.24) is 4.90 Å². The van der Waals surface area contributed by atoms with Gasteiger partial charge < -0.3 is 0 Å². The number of likely N-dealkylation sites (N-methyl/N-ethyl adjacent to an activating group) is 1. The molecule has 1 atom stereocenters. The van der Waals surface area contributed by atoms with Crippen LogP contribution in [0.1, 0.15) is 13.8 Å². The first-order valence-electron chi connectivity index (χ1n) is 4.20. The van der Waals surface area contributed by atoms with E-state index in [1.54, 1.807) is 0 Å². The quantitative estimate of drug-likeness (QED) is 0.713. The lowest BCUT2D eigenvalue weighted by Crippen LogP contribution is -2.29. The number of halogens is 2. The minimum Gasteiger partial charge on any atom is -0.297 e. The second kappa shape index (κ2) is 7.20. The predicted molar refractivity (Wildman–Crippen MR) is 56.7 cm³/mol. The summed E-state index contributed by atoms with van der Waals surface area (Å²) in [6.07, 6.45) is 0. The van der Waals surface area contributed by atoms with E-state index in [0.29, 0.717) is 11.6 Å². The van der Waals surface area contributed by atoms with E-state index in [2.05, 4.69) is 11.0 Å². The molecular formula is C9H14Cl2N2. The Morgan fingerprint density at radius 1 is 1.69 bits per heavy atom. The van der Waals surface area contributed by atoms with E-state index in [1.807, 2.05) is 13.8 Å². The van der Waals surface area contributed by atoms with Gasteiger partial charge in [0.1, 0.15) is 0 Å². The third-order valence-electron chi connectivity index (χ3n) is 1.69. The van der Waals surface area contributed by atoms with Gasteiger partial charge in [-0.15, -0.1) is 0 Å². The highest BCUT2D eigenvalue weighted by Gasteiger charge is 2.08. The molecule has 0 N–H and O–H groups in total. The third kappa shape index (κ3) is 5.93. The molecule has 0 amide bonds. The fourth-order valence-electron chi connectivity index (χ4n) is 0.982. The molecule has 74 valence electrons. The molecule has 0 bridgehead atoms. The van der Waals surface area contributed by atoms with Gasteiger partial charge in [0.05, 0.1) is 12.0 Å². The molecule has 0 radical (unpaired) electrons. The SMILES string of the molecule is CCN(CC(Cl)=CCl)CC(C)C#N. The summed E-state index contributed by atoms with van der Waals surface area (Å²) in [5.74, 6) is 0.0275. The number of hydrogen-bond acceptors (Lipinski definition) is 2. The van der Waals surface area contributed by atoms with E-state index in [0.717, 1.165) is 13.1 Å². The number of hydrogen-bond donors (Lipinski definition) is 0. The molecule has 1 unspecified atom stereocenters. The van der Waals surface area contributed by atoms with Crippen molar-refractivity contribution < 1.29 is 0 Å². The lowest BCUT2D eigenvalue weighted by molar-refractivity contribution is 0.294. The van der Waals surface area contributed by atoms with Crippen LogP contribution in [0.4, 0.5) is 0 Å². The first kappa shape index (κ1) is 12.8. The van der Waals surface area contributed by atoms with Crippen molar-refractivity contribution in [1.29, 1.82) is 5.26 Å². The molecule has 0 rings (SSSR count). The second-order valence-electron chi connectivity index (χ2n) is 2.91. The zero-order valence-electron chi connectivity index (χ0n) is 7.93. The van der Waals surface area contributed by atoms with Crippen LogP contribution in [0.25, 0.3) is 0 Å². The third-order valence-corrected chi connectivity index (χ3v) is 2.30. The summed E-state index contributed by atoms with van der Waals surface area (Å²) in [6.45, 7) is 6.14. The van der Waals surface area contributed by atoms with Crippen molar-refractivity contribution in [3.63, 3.8) is 0 Å². The van der Waals surface area contributed by atoms with Crippen molar-refractivity contribution in [2.24, 2.45) is 5.92 Å². The van der Waals surface area contributed by atoms with Gasteiger partial charge in [0.15, 0.2) is 0 Å². The van der Waals surface area contributed by atoms with Crippen LogP contribution < -0.4 is 0 Å². The van der Waals surface area contributed by atoms with Crippen LogP contribution >= 0.6 is 23.2 Å². The molecule has 2 nitrogen and oxygen atoms in total. The maximum absolute atomic E-state index is 8.62. The molecule has 0 aliphatic carbocycles. The molecule has 0 saturated carbocycles. The molecule has 0 aliphatic rings. The lowest BCUT2D eigenvalue weighted by atomic mass is 10.2. The van der Waals surface area contributed by atoms with Crippen LogP contribution in [0.15, 0.2) is 10.6 Å². The second-order valence-corrected chi connectivity index (χ2v) is 3.62. The van der Waals surface area contributed by atoms with Gasteiger partial charge in [-0.25, -0.2) is 0 Å². The maximum Gasteiger partial charge on any atom is 0.0666 e. The Labute approximate surface area is 89.7 Å². The first-order chi connectivity index (χ1) is 6.13. The Bertz CT molecular complexity index is 208. The molecule has 0 aromatic heterocycles. The van der Waals surface area contributed by atoms with Gasteiger partial charge in [-0.05, 0) is 13.5 Å². The van der Waals surface area contributed by atoms with E-state index in [-0.39, 0.29) is 5.92 Å². The number of nitrogens with zero attached hydrogens (tertiary/aromatic N) is 2. The summed E-state index contributed by atoms with van der Waals surface area (Å²) in [5, 5.41) is 9.23. The summed E-state index contributed by atoms with van der Waals surface area (Å²) < 4.78 is 0. The van der Waals surface area contributed by atoms with Crippen molar-refractivity contribution in [3.8, 4) is 6.07 Å². The predicted octanol–water partition coefficient (Wildman–Crippen LogP) is 2.79. The van der Waals surface area contributed by atoms with Gasteiger partial charge >= 0.3 is 0 Å². The van der Waals surface area contributed by atoms with Crippen LogP contribution in [0, 0.1) is 17.2 Å². The largest absolute Gasteiger partial charge is 0.297 e. The normalized spacial score (nSPS) is 14.3. The smallest absolute Gasteiger partial charge is 0.0666 e. The first-order valence-corrected chi connectivity index (χ1v) is 5.02. The van der Waals surface area contributed by atoms with E-state index in [9.17, 15) is 0 Å². The topological polar surface area (TPSA) is 27.0 Å². The maximum atomic E-state index is 8.62. The Kier molecular flexibility index (Phi) is 7.07. The van der Waals surface area contributed by atoms with E-state index >= 15 is 0 Å². The Hall–Kier alpha value is -0.230. The average Bonchev–Trinajstić information content (AvgIpc) is 2.16. The van der Waals surface area contributed by atoms with Crippen molar-refractivity contribution in [2.75, 3.05) is 19.6 Å². The molecule has 0 heterocycles. The fraction of sp³-hybridized carbons (Fsp3) is 0.667. The molecule has 0 fully saturated rings. The molecule has 0 aliphatic heterocycles. The van der Waals surface area contributed by atoms with Gasteiger partial charge in [0, 0.05) is 23.7 Å². The van der Waals surface area contributed by atoms with E-state index < -0.39 is 0 Å². The standard InChI is InChI=1S/C9H14Cl2N2/c1-3-13(6-8(2)5-12)7-9(11)4-10/h4,8H,3,6-7H2,1-2H3. The zero-order valence-corrected chi connectivity index (χ0v) is 9.44. The molecule has 13 heavy (non-hydrogen) atoms. The highest BCUT2D eigenvalue weighted by atomic mass is 35.5. The summed E-state index contributed by atoms with van der Waals surface area (Å²) >= 11 is 11.2. The molecule has 0 spiro atoms. The Balaban J connectivity index is 3.98. The van der Waals surface area contributed by atoms with Crippen molar-refractivity contribution >= 4 is 23.2 Å². The molecular weight excluding hydrogens is 207 g/mol. The average molecular weight is 221 g/mol. The summed E-state index contributed by atoms with van der Waals surface area (Å²) in [7, 11) is 0. The summed E-state index contributed by atoms with van der Waals surface area (Å²) in [5.41, 5.74) is 1.36. The minimum atomic E-state index is 0.0275. The van der Waals surface area contributed by atoms with Crippen LogP contribution in [0.2, 0.25) is 0 Å². The Morgan fingerprint density at radius 3 is 2.69 bits per heavy atom. The monoisotopic (exact) mass is 220 g/mol. The van der Waals surface area contributed by atoms with Gasteiger partial charge in [0.25, 0.3) is 0 Å². The summed E-state index contributed by atoms with van der Waals surface area (Å²) in [4.78, 5) is 2.08. The van der Waals surface area contributed by atoms with Gasteiger partial charge in [-0.2, -0.15) is 5.26 Å². The lowest BCUT2D eigenvalue weighted by Gasteiger charge is -2.20. The zero-order chi connectivity index (χ0) is 10.3. The van der Waals surface area contributed by atoms with Gasteiger partial charge in [0.2, 0.25) is 0 Å². The highest BCUT2D eigenvalue weighted by Crippen LogP contribution is 2.07. The number of rotatable bonds is 5. The number of nitriles is 1. The van der Waals surface area contributed by atoms with Crippen LogP contribution in [-0.4, -0.2) is 24.5 Å². The van der Waals surface area contributed by atoms with E-state index in [1.165, 1.54) is 5.54 Å².